The van der Waals surface area contributed by atoms with E-state index in [2.05, 4.69) is 0 Å². The van der Waals surface area contributed by atoms with Crippen molar-refractivity contribution in [2.24, 2.45) is 5.92 Å². The van der Waals surface area contributed by atoms with Crippen LogP contribution in [-0.2, 0) is 4.74 Å². The van der Waals surface area contributed by atoms with E-state index in [0.717, 1.165) is 12.8 Å². The van der Waals surface area contributed by atoms with Crippen molar-refractivity contribution in [2.45, 2.75) is 32.6 Å². The van der Waals surface area contributed by atoms with Crippen LogP contribution < -0.4 is 10.5 Å². The van der Waals surface area contributed by atoms with Gasteiger partial charge in [-0.25, -0.2) is 4.79 Å². The van der Waals surface area contributed by atoms with Crippen LogP contribution in [0.1, 0.15) is 43.0 Å². The highest BCUT2D eigenvalue weighted by Crippen LogP contribution is 2.25. The topological polar surface area (TPSA) is 61.5 Å². The van der Waals surface area contributed by atoms with E-state index in [4.69, 9.17) is 15.2 Å². The van der Waals surface area contributed by atoms with Crippen LogP contribution in [0, 0.1) is 5.92 Å². The smallest absolute Gasteiger partial charge is 0.338 e. The molecule has 19 heavy (non-hydrogen) atoms. The molecule has 2 N–H and O–H groups in total. The molecule has 1 fully saturated rings. The SMILES string of the molecule is CCOc1cc(N)cc(C(=O)OCC2CCCC2)c1. The molecule has 1 aromatic rings. The number of anilines is 1. The summed E-state index contributed by atoms with van der Waals surface area (Å²) in [6.07, 6.45) is 4.81. The molecule has 0 saturated heterocycles. The van der Waals surface area contributed by atoms with Crippen LogP contribution in [0.2, 0.25) is 0 Å². The maximum Gasteiger partial charge on any atom is 0.338 e. The average Bonchev–Trinajstić information content (AvgIpc) is 2.88. The molecule has 1 aliphatic rings. The summed E-state index contributed by atoms with van der Waals surface area (Å²) in [5.41, 5.74) is 6.73. The lowest BCUT2D eigenvalue weighted by atomic mass is 10.1. The Kier molecular flexibility index (Phi) is 4.66. The third-order valence-corrected chi connectivity index (χ3v) is 3.40. The highest BCUT2D eigenvalue weighted by Gasteiger charge is 2.18. The zero-order valence-electron chi connectivity index (χ0n) is 11.4. The Morgan fingerprint density at radius 1 is 1.32 bits per heavy atom. The van der Waals surface area contributed by atoms with Gasteiger partial charge < -0.3 is 15.2 Å². The number of hydrogen-bond acceptors (Lipinski definition) is 4. The Bertz CT molecular complexity index is 439. The molecular formula is C15H21NO3. The van der Waals surface area contributed by atoms with Crippen molar-refractivity contribution < 1.29 is 14.3 Å². The molecule has 0 spiro atoms. The molecule has 1 saturated carbocycles. The van der Waals surface area contributed by atoms with Crippen LogP contribution in [0.3, 0.4) is 0 Å². The lowest BCUT2D eigenvalue weighted by Gasteiger charge is -2.11. The highest BCUT2D eigenvalue weighted by atomic mass is 16.5. The predicted molar refractivity (Wildman–Crippen MR) is 74.3 cm³/mol. The first kappa shape index (κ1) is 13.7. The van der Waals surface area contributed by atoms with Gasteiger partial charge in [-0.2, -0.15) is 0 Å². The minimum absolute atomic E-state index is 0.319. The number of benzene rings is 1. The molecule has 0 bridgehead atoms. The van der Waals surface area contributed by atoms with Gasteiger partial charge in [0.05, 0.1) is 18.8 Å². The molecular weight excluding hydrogens is 242 g/mol. The van der Waals surface area contributed by atoms with E-state index >= 15 is 0 Å². The maximum atomic E-state index is 12.0. The second-order valence-corrected chi connectivity index (χ2v) is 4.97. The fraction of sp³-hybridized carbons (Fsp3) is 0.533. The molecule has 4 nitrogen and oxygen atoms in total. The molecule has 0 heterocycles. The molecule has 104 valence electrons. The fourth-order valence-electron chi connectivity index (χ4n) is 2.44. The summed E-state index contributed by atoms with van der Waals surface area (Å²) in [4.78, 5) is 12.0. The normalized spacial score (nSPS) is 15.4. The minimum atomic E-state index is -0.319. The third-order valence-electron chi connectivity index (χ3n) is 3.40. The van der Waals surface area contributed by atoms with Crippen molar-refractivity contribution >= 4 is 11.7 Å². The predicted octanol–water partition coefficient (Wildman–Crippen LogP) is 3.01. The number of ether oxygens (including phenoxy) is 2. The van der Waals surface area contributed by atoms with Crippen molar-refractivity contribution in [3.63, 3.8) is 0 Å². The molecule has 4 heteroatoms. The van der Waals surface area contributed by atoms with E-state index in [0.29, 0.717) is 36.1 Å². The molecule has 1 aliphatic carbocycles. The van der Waals surface area contributed by atoms with Gasteiger partial charge in [0, 0.05) is 11.8 Å². The van der Waals surface area contributed by atoms with Gasteiger partial charge in [0.2, 0.25) is 0 Å². The molecule has 0 atom stereocenters. The number of carbonyl (C=O) groups is 1. The average molecular weight is 263 g/mol. The van der Waals surface area contributed by atoms with Crippen LogP contribution in [-0.4, -0.2) is 19.2 Å². The Morgan fingerprint density at radius 2 is 2.05 bits per heavy atom. The Balaban J connectivity index is 1.97. The fourth-order valence-corrected chi connectivity index (χ4v) is 2.44. The molecule has 0 aromatic heterocycles. The quantitative estimate of drug-likeness (QED) is 0.655. The standard InChI is InChI=1S/C15H21NO3/c1-2-18-14-8-12(7-13(16)9-14)15(17)19-10-11-5-3-4-6-11/h7-9,11H,2-6,10,16H2,1H3. The summed E-state index contributed by atoms with van der Waals surface area (Å²) in [5.74, 6) is 0.812. The van der Waals surface area contributed by atoms with Gasteiger partial charge in [-0.15, -0.1) is 0 Å². The van der Waals surface area contributed by atoms with Crippen LogP contribution in [0.5, 0.6) is 5.75 Å². The van der Waals surface area contributed by atoms with Crippen LogP contribution in [0.25, 0.3) is 0 Å². The van der Waals surface area contributed by atoms with E-state index in [-0.39, 0.29) is 5.97 Å². The van der Waals surface area contributed by atoms with Gasteiger partial charge in [-0.3, -0.25) is 0 Å². The second-order valence-electron chi connectivity index (χ2n) is 4.97. The third kappa shape index (κ3) is 3.88. The van der Waals surface area contributed by atoms with Crippen molar-refractivity contribution in [1.29, 1.82) is 0 Å². The number of rotatable bonds is 5. The number of nitrogens with two attached hydrogens (primary N) is 1. The number of esters is 1. The molecule has 1 aromatic carbocycles. The summed E-state index contributed by atoms with van der Waals surface area (Å²) >= 11 is 0. The van der Waals surface area contributed by atoms with Gasteiger partial charge in [-0.1, -0.05) is 12.8 Å². The van der Waals surface area contributed by atoms with E-state index in [1.54, 1.807) is 18.2 Å². The van der Waals surface area contributed by atoms with Crippen molar-refractivity contribution in [3.8, 4) is 5.75 Å². The van der Waals surface area contributed by atoms with Crippen molar-refractivity contribution in [3.05, 3.63) is 23.8 Å². The van der Waals surface area contributed by atoms with Crippen LogP contribution in [0.4, 0.5) is 5.69 Å². The zero-order valence-corrected chi connectivity index (χ0v) is 11.4. The summed E-state index contributed by atoms with van der Waals surface area (Å²) in [6.45, 7) is 2.94. The van der Waals surface area contributed by atoms with E-state index in [9.17, 15) is 4.79 Å². The zero-order chi connectivity index (χ0) is 13.7. The summed E-state index contributed by atoms with van der Waals surface area (Å²) < 4.78 is 10.7. The van der Waals surface area contributed by atoms with Crippen molar-refractivity contribution in [1.82, 2.24) is 0 Å². The molecule has 0 amide bonds. The summed E-state index contributed by atoms with van der Waals surface area (Å²) in [5, 5.41) is 0. The first-order valence-corrected chi connectivity index (χ1v) is 6.89. The van der Waals surface area contributed by atoms with Gasteiger partial charge in [-0.05, 0) is 37.8 Å². The Morgan fingerprint density at radius 3 is 2.74 bits per heavy atom. The minimum Gasteiger partial charge on any atom is -0.494 e. The van der Waals surface area contributed by atoms with E-state index in [1.165, 1.54) is 12.8 Å². The maximum absolute atomic E-state index is 12.0. The molecule has 0 unspecified atom stereocenters. The number of carbonyl (C=O) groups excluding carboxylic acids is 1. The largest absolute Gasteiger partial charge is 0.494 e. The summed E-state index contributed by atoms with van der Waals surface area (Å²) in [6, 6.07) is 5.01. The molecule has 0 radical (unpaired) electrons. The number of hydrogen-bond donors (Lipinski definition) is 1. The lowest BCUT2D eigenvalue weighted by Crippen LogP contribution is -2.12. The van der Waals surface area contributed by atoms with Gasteiger partial charge in [0.15, 0.2) is 0 Å². The van der Waals surface area contributed by atoms with E-state index in [1.807, 2.05) is 6.92 Å². The monoisotopic (exact) mass is 263 g/mol. The Hall–Kier alpha value is -1.71. The Labute approximate surface area is 113 Å². The van der Waals surface area contributed by atoms with Gasteiger partial charge >= 0.3 is 5.97 Å². The first-order chi connectivity index (χ1) is 9.19. The lowest BCUT2D eigenvalue weighted by molar-refractivity contribution is 0.0442. The molecule has 0 aliphatic heterocycles. The molecule has 2 rings (SSSR count). The van der Waals surface area contributed by atoms with Gasteiger partial charge in [0.1, 0.15) is 5.75 Å². The number of nitrogen functional groups attached to an aromatic ring is 1. The summed E-state index contributed by atoms with van der Waals surface area (Å²) in [7, 11) is 0. The second kappa shape index (κ2) is 6.45. The highest BCUT2D eigenvalue weighted by molar-refractivity contribution is 5.91. The van der Waals surface area contributed by atoms with E-state index < -0.39 is 0 Å². The van der Waals surface area contributed by atoms with Gasteiger partial charge in [0.25, 0.3) is 0 Å². The van der Waals surface area contributed by atoms with Crippen LogP contribution in [0.15, 0.2) is 18.2 Å². The van der Waals surface area contributed by atoms with Crippen molar-refractivity contribution in [2.75, 3.05) is 18.9 Å². The van der Waals surface area contributed by atoms with Crippen LogP contribution >= 0.6 is 0 Å². The first-order valence-electron chi connectivity index (χ1n) is 6.89.